The molecule has 0 aliphatic carbocycles. The van der Waals surface area contributed by atoms with Crippen LogP contribution in [0.15, 0.2) is 207 Å². The summed E-state index contributed by atoms with van der Waals surface area (Å²) in [5.41, 5.74) is 10.6. The fourth-order valence-electron chi connectivity index (χ4n) is 8.76. The van der Waals surface area contributed by atoms with E-state index in [2.05, 4.69) is 187 Å². The lowest BCUT2D eigenvalue weighted by Gasteiger charge is -2.14. The van der Waals surface area contributed by atoms with Gasteiger partial charge in [-0.1, -0.05) is 115 Å². The predicted octanol–water partition coefficient (Wildman–Crippen LogP) is 11.9. The van der Waals surface area contributed by atoms with Crippen molar-refractivity contribution in [2.75, 3.05) is 0 Å². The van der Waals surface area contributed by atoms with Crippen LogP contribution in [0, 0.1) is 6.33 Å². The lowest BCUT2D eigenvalue weighted by molar-refractivity contribution is -0.572. The van der Waals surface area contributed by atoms with Crippen LogP contribution >= 0.6 is 0 Å². The first kappa shape index (κ1) is 33.0. The summed E-state index contributed by atoms with van der Waals surface area (Å²) < 4.78 is 17.7. The molecule has 12 aromatic rings. The molecule has 0 aliphatic rings. The third kappa shape index (κ3) is 5.22. The summed E-state index contributed by atoms with van der Waals surface area (Å²) >= 11 is 0. The minimum Gasteiger partial charge on any atom is -0.458 e. The van der Waals surface area contributed by atoms with Crippen molar-refractivity contribution in [1.29, 1.82) is 0 Å². The average molecular weight is 759 g/mol. The maximum absolute atomic E-state index is 6.71. The average Bonchev–Trinajstić information content (AvgIpc) is 4.08. The molecular formula is C52H34N6O. The molecule has 0 spiro atoms. The van der Waals surface area contributed by atoms with Crippen molar-refractivity contribution < 1.29 is 9.30 Å². The van der Waals surface area contributed by atoms with Gasteiger partial charge in [0.25, 0.3) is 6.33 Å². The lowest BCUT2D eigenvalue weighted by atomic mass is 10.1. The number of aromatic nitrogens is 6. The van der Waals surface area contributed by atoms with Gasteiger partial charge < -0.3 is 9.30 Å². The molecule has 0 saturated heterocycles. The van der Waals surface area contributed by atoms with E-state index in [0.717, 1.165) is 84.1 Å². The number of hydrogen-bond donors (Lipinski definition) is 0. The second kappa shape index (κ2) is 13.2. The monoisotopic (exact) mass is 758 g/mol. The molecule has 0 N–H and O–H groups in total. The number of hydrogen-bond acceptors (Lipinski definition) is 2. The summed E-state index contributed by atoms with van der Waals surface area (Å²) in [5, 5.41) is 4.74. The van der Waals surface area contributed by atoms with Gasteiger partial charge in [-0.25, -0.2) is 4.98 Å². The normalized spacial score (nSPS) is 11.7. The fourth-order valence-corrected chi connectivity index (χ4v) is 8.76. The Morgan fingerprint density at radius 3 is 1.81 bits per heavy atom. The van der Waals surface area contributed by atoms with E-state index in [-0.39, 0.29) is 0 Å². The van der Waals surface area contributed by atoms with Crippen molar-refractivity contribution in [2.24, 2.45) is 0 Å². The van der Waals surface area contributed by atoms with Crippen molar-refractivity contribution in [3.8, 4) is 40.2 Å². The third-order valence-corrected chi connectivity index (χ3v) is 11.3. The topological polar surface area (TPSA) is 45.7 Å². The van der Waals surface area contributed by atoms with Crippen LogP contribution in [-0.4, -0.2) is 23.3 Å². The van der Waals surface area contributed by atoms with Crippen molar-refractivity contribution in [2.45, 2.75) is 0 Å². The van der Waals surface area contributed by atoms with Crippen LogP contribution < -0.4 is 9.30 Å². The zero-order valence-electron chi connectivity index (χ0n) is 31.7. The molecule has 0 saturated carbocycles. The van der Waals surface area contributed by atoms with Crippen LogP contribution in [0.5, 0.6) is 11.5 Å². The summed E-state index contributed by atoms with van der Waals surface area (Å²) in [6.45, 7) is 0. The molecule has 8 aromatic carbocycles. The van der Waals surface area contributed by atoms with Gasteiger partial charge in [0.1, 0.15) is 11.5 Å². The van der Waals surface area contributed by atoms with Crippen molar-refractivity contribution in [3.63, 3.8) is 0 Å². The number of benzene rings is 8. The SMILES string of the molecule is [c-]1n(-c2cccc(Oc3ccc4c5ccccc5n(-c5nccn5-c5ccccc5)c4c3)c2)c2ccccc2[n+]1-c1ccccc1-n1c2ccccc2c2ccccc21. The van der Waals surface area contributed by atoms with Crippen LogP contribution in [0.1, 0.15) is 0 Å². The predicted molar refractivity (Wildman–Crippen MR) is 236 cm³/mol. The van der Waals surface area contributed by atoms with Crippen LogP contribution in [0.4, 0.5) is 0 Å². The Labute approximate surface area is 339 Å². The molecule has 4 heterocycles. The van der Waals surface area contributed by atoms with Gasteiger partial charge in [0.05, 0.1) is 50.2 Å². The molecule has 278 valence electrons. The standard InChI is InChI=1S/C52H34N6O/c1-2-15-36(16-3-1)54-32-31-53-52(54)58-46-24-9-6-21-42(46)43-30-29-39(34-51(43)58)59-38-18-14-17-37(33-38)55-35-56(48-26-11-10-25-47(48)55)49-27-12-13-28-50(49)57-44-22-7-4-19-40(44)41-20-5-8-23-45(41)57/h1-34H. The second-order valence-electron chi connectivity index (χ2n) is 14.7. The van der Waals surface area contributed by atoms with E-state index in [1.807, 2.05) is 48.8 Å². The van der Waals surface area contributed by atoms with E-state index < -0.39 is 0 Å². The van der Waals surface area contributed by atoms with Crippen molar-refractivity contribution in [3.05, 3.63) is 213 Å². The minimum absolute atomic E-state index is 0.721. The Bertz CT molecular complexity index is 3500. The number of fused-ring (bicyclic) bond motifs is 7. The molecule has 0 unspecified atom stereocenters. The van der Waals surface area contributed by atoms with Crippen LogP contribution in [0.2, 0.25) is 0 Å². The van der Waals surface area contributed by atoms with Gasteiger partial charge in [-0.05, 0) is 72.8 Å². The van der Waals surface area contributed by atoms with Crippen molar-refractivity contribution >= 4 is 54.6 Å². The smallest absolute Gasteiger partial charge is 0.269 e. The first-order chi connectivity index (χ1) is 29.3. The second-order valence-corrected chi connectivity index (χ2v) is 14.7. The number of para-hydroxylation sites is 8. The zero-order chi connectivity index (χ0) is 38.9. The molecule has 0 aliphatic heterocycles. The van der Waals surface area contributed by atoms with Gasteiger partial charge in [-0.2, -0.15) is 0 Å². The Morgan fingerprint density at radius 1 is 0.458 bits per heavy atom. The Morgan fingerprint density at radius 2 is 1.05 bits per heavy atom. The molecule has 0 bridgehead atoms. The molecule has 12 rings (SSSR count). The Kier molecular flexibility index (Phi) is 7.40. The minimum atomic E-state index is 0.721. The lowest BCUT2D eigenvalue weighted by Crippen LogP contribution is -2.31. The van der Waals surface area contributed by atoms with Gasteiger partial charge in [0, 0.05) is 45.7 Å². The largest absolute Gasteiger partial charge is 0.458 e. The first-order valence-electron chi connectivity index (χ1n) is 19.7. The van der Waals surface area contributed by atoms with E-state index in [9.17, 15) is 0 Å². The van der Waals surface area contributed by atoms with Gasteiger partial charge in [-0.15, -0.1) is 0 Å². The van der Waals surface area contributed by atoms with E-state index in [0.29, 0.717) is 0 Å². The molecule has 7 heteroatoms. The number of ether oxygens (including phenoxy) is 1. The highest BCUT2D eigenvalue weighted by Gasteiger charge is 2.20. The number of imidazole rings is 2. The van der Waals surface area contributed by atoms with E-state index in [1.54, 1.807) is 0 Å². The summed E-state index contributed by atoms with van der Waals surface area (Å²) in [7, 11) is 0. The molecule has 0 amide bonds. The highest BCUT2D eigenvalue weighted by molar-refractivity contribution is 6.10. The molecule has 0 atom stereocenters. The molecule has 59 heavy (non-hydrogen) atoms. The van der Waals surface area contributed by atoms with Crippen LogP contribution in [0.3, 0.4) is 0 Å². The van der Waals surface area contributed by atoms with E-state index >= 15 is 0 Å². The molecule has 0 fully saturated rings. The molecule has 7 nitrogen and oxygen atoms in total. The van der Waals surface area contributed by atoms with E-state index in [4.69, 9.17) is 9.72 Å². The summed E-state index contributed by atoms with van der Waals surface area (Å²) in [5.74, 6) is 2.26. The van der Waals surface area contributed by atoms with Gasteiger partial charge in [0.2, 0.25) is 5.95 Å². The molecular weight excluding hydrogens is 725 g/mol. The van der Waals surface area contributed by atoms with Crippen molar-refractivity contribution in [1.82, 2.24) is 23.3 Å². The Balaban J connectivity index is 0.960. The molecule has 0 radical (unpaired) electrons. The highest BCUT2D eigenvalue weighted by atomic mass is 16.5. The first-order valence-corrected chi connectivity index (χ1v) is 19.7. The van der Waals surface area contributed by atoms with Crippen LogP contribution in [0.25, 0.3) is 83.3 Å². The maximum Gasteiger partial charge on any atom is 0.269 e. The summed E-state index contributed by atoms with van der Waals surface area (Å²) in [6, 6.07) is 67.6. The van der Waals surface area contributed by atoms with Crippen LogP contribution in [-0.2, 0) is 0 Å². The van der Waals surface area contributed by atoms with Gasteiger partial charge in [0.15, 0.2) is 0 Å². The summed E-state index contributed by atoms with van der Waals surface area (Å²) in [6.07, 6.45) is 7.60. The fraction of sp³-hybridized carbons (Fsp3) is 0. The number of rotatable bonds is 7. The highest BCUT2D eigenvalue weighted by Crippen LogP contribution is 2.37. The maximum atomic E-state index is 6.71. The van der Waals surface area contributed by atoms with Gasteiger partial charge in [-0.3, -0.25) is 18.3 Å². The zero-order valence-corrected chi connectivity index (χ0v) is 31.7. The quantitative estimate of drug-likeness (QED) is 0.120. The summed E-state index contributed by atoms with van der Waals surface area (Å²) in [4.78, 5) is 4.86. The van der Waals surface area contributed by atoms with Gasteiger partial charge >= 0.3 is 0 Å². The molecule has 4 aromatic heterocycles. The Hall–Kier alpha value is -8.16. The van der Waals surface area contributed by atoms with E-state index in [1.165, 1.54) is 10.8 Å². The third-order valence-electron chi connectivity index (χ3n) is 11.3. The number of nitrogens with zero attached hydrogens (tertiary/aromatic N) is 6.